The van der Waals surface area contributed by atoms with Gasteiger partial charge in [-0.25, -0.2) is 4.68 Å². The van der Waals surface area contributed by atoms with Gasteiger partial charge >= 0.3 is 0 Å². The molecule has 1 N–H and O–H groups in total. The molecule has 0 aliphatic heterocycles. The van der Waals surface area contributed by atoms with E-state index in [4.69, 9.17) is 4.74 Å². The second-order valence-electron chi connectivity index (χ2n) is 5.82. The first-order valence-corrected chi connectivity index (χ1v) is 8.26. The molecule has 0 spiro atoms. The Balaban J connectivity index is 1.40. The molecular weight excluding hydrogens is 314 g/mol. The van der Waals surface area contributed by atoms with Crippen molar-refractivity contribution in [3.8, 4) is 11.4 Å². The van der Waals surface area contributed by atoms with Gasteiger partial charge in [-0.1, -0.05) is 29.8 Å². The number of nitrogens with zero attached hydrogens (tertiary/aromatic N) is 2. The zero-order valence-corrected chi connectivity index (χ0v) is 14.2. The molecule has 0 saturated heterocycles. The Morgan fingerprint density at radius 3 is 2.56 bits per heavy atom. The first-order valence-electron chi connectivity index (χ1n) is 8.26. The van der Waals surface area contributed by atoms with Gasteiger partial charge in [0.2, 0.25) is 0 Å². The molecule has 5 heteroatoms. The highest BCUT2D eigenvalue weighted by Crippen LogP contribution is 2.11. The number of carbonyl (C=O) groups is 1. The Morgan fingerprint density at radius 2 is 1.88 bits per heavy atom. The van der Waals surface area contributed by atoms with E-state index >= 15 is 0 Å². The zero-order chi connectivity index (χ0) is 17.5. The summed E-state index contributed by atoms with van der Waals surface area (Å²) in [5.41, 5.74) is 3.34. The van der Waals surface area contributed by atoms with Crippen molar-refractivity contribution < 1.29 is 9.53 Å². The molecule has 0 aliphatic rings. The van der Waals surface area contributed by atoms with Gasteiger partial charge in [-0.3, -0.25) is 4.79 Å². The zero-order valence-electron chi connectivity index (χ0n) is 14.2. The number of aromatic nitrogens is 2. The number of benzene rings is 2. The highest BCUT2D eigenvalue weighted by atomic mass is 16.5. The standard InChI is InChI=1S/C20H21N3O2/c1-16-3-9-19(10-4-16)25-15-20(24)21-13-11-17-5-7-18(8-6-17)23-14-2-12-22-23/h2-10,12,14H,11,13,15H2,1H3,(H,21,24). The van der Waals surface area contributed by atoms with Crippen LogP contribution in [0.3, 0.4) is 0 Å². The number of rotatable bonds is 7. The third-order valence-corrected chi connectivity index (χ3v) is 3.83. The van der Waals surface area contributed by atoms with Crippen molar-refractivity contribution in [1.82, 2.24) is 15.1 Å². The molecule has 0 bridgehead atoms. The number of hydrogen-bond acceptors (Lipinski definition) is 3. The van der Waals surface area contributed by atoms with E-state index in [9.17, 15) is 4.79 Å². The Kier molecular flexibility index (Phi) is 5.46. The molecule has 1 aromatic heterocycles. The summed E-state index contributed by atoms with van der Waals surface area (Å²) in [7, 11) is 0. The van der Waals surface area contributed by atoms with Crippen LogP contribution in [-0.4, -0.2) is 28.8 Å². The van der Waals surface area contributed by atoms with Gasteiger partial charge in [0.1, 0.15) is 5.75 Å². The summed E-state index contributed by atoms with van der Waals surface area (Å²) in [5, 5.41) is 7.07. The minimum absolute atomic E-state index is 0.0291. The van der Waals surface area contributed by atoms with Crippen LogP contribution < -0.4 is 10.1 Å². The Hall–Kier alpha value is -3.08. The van der Waals surface area contributed by atoms with Crippen molar-refractivity contribution in [3.63, 3.8) is 0 Å². The third kappa shape index (κ3) is 4.94. The predicted molar refractivity (Wildman–Crippen MR) is 97.0 cm³/mol. The average molecular weight is 335 g/mol. The van der Waals surface area contributed by atoms with Crippen molar-refractivity contribution >= 4 is 5.91 Å². The van der Waals surface area contributed by atoms with E-state index < -0.39 is 0 Å². The smallest absolute Gasteiger partial charge is 0.257 e. The Bertz CT molecular complexity index is 794. The fraction of sp³-hybridized carbons (Fsp3) is 0.200. The molecule has 0 fully saturated rings. The van der Waals surface area contributed by atoms with Crippen LogP contribution in [0.4, 0.5) is 0 Å². The third-order valence-electron chi connectivity index (χ3n) is 3.83. The summed E-state index contributed by atoms with van der Waals surface area (Å²) in [6.07, 6.45) is 4.43. The lowest BCUT2D eigenvalue weighted by Crippen LogP contribution is -2.30. The van der Waals surface area contributed by atoms with Crippen LogP contribution in [-0.2, 0) is 11.2 Å². The Morgan fingerprint density at radius 1 is 1.12 bits per heavy atom. The highest BCUT2D eigenvalue weighted by Gasteiger charge is 2.03. The fourth-order valence-electron chi connectivity index (χ4n) is 2.42. The largest absolute Gasteiger partial charge is 0.484 e. The van der Waals surface area contributed by atoms with Crippen LogP contribution in [0.5, 0.6) is 5.75 Å². The Labute approximate surface area is 147 Å². The average Bonchev–Trinajstić information content (AvgIpc) is 3.16. The molecule has 0 aliphatic carbocycles. The van der Waals surface area contributed by atoms with Gasteiger partial charge in [0.05, 0.1) is 5.69 Å². The van der Waals surface area contributed by atoms with Crippen molar-refractivity contribution in [3.05, 3.63) is 78.1 Å². The number of amides is 1. The predicted octanol–water partition coefficient (Wildman–Crippen LogP) is 2.92. The molecule has 5 nitrogen and oxygen atoms in total. The van der Waals surface area contributed by atoms with Gasteiger partial charge in [0.15, 0.2) is 6.61 Å². The first kappa shape index (κ1) is 16.8. The SMILES string of the molecule is Cc1ccc(OCC(=O)NCCc2ccc(-n3cccn3)cc2)cc1. The van der Waals surface area contributed by atoms with E-state index in [1.807, 2.05) is 72.4 Å². The first-order chi connectivity index (χ1) is 12.2. The maximum absolute atomic E-state index is 11.8. The summed E-state index contributed by atoms with van der Waals surface area (Å²) in [6, 6.07) is 17.7. The van der Waals surface area contributed by atoms with Gasteiger partial charge in [-0.2, -0.15) is 5.10 Å². The molecule has 0 saturated carbocycles. The quantitative estimate of drug-likeness (QED) is 0.722. The number of carbonyl (C=O) groups excluding carboxylic acids is 1. The lowest BCUT2D eigenvalue weighted by atomic mass is 10.1. The van der Waals surface area contributed by atoms with Gasteiger partial charge < -0.3 is 10.1 Å². The van der Waals surface area contributed by atoms with Crippen LogP contribution in [0, 0.1) is 6.92 Å². The van der Waals surface area contributed by atoms with E-state index in [0.29, 0.717) is 12.3 Å². The molecule has 0 unspecified atom stereocenters. The van der Waals surface area contributed by atoms with Crippen LogP contribution in [0.25, 0.3) is 5.69 Å². The summed E-state index contributed by atoms with van der Waals surface area (Å²) in [5.74, 6) is 0.587. The van der Waals surface area contributed by atoms with Crippen molar-refractivity contribution in [1.29, 1.82) is 0 Å². The fourth-order valence-corrected chi connectivity index (χ4v) is 2.42. The van der Waals surface area contributed by atoms with E-state index in [1.165, 1.54) is 0 Å². The molecule has 3 aromatic rings. The molecule has 128 valence electrons. The van der Waals surface area contributed by atoms with Crippen LogP contribution >= 0.6 is 0 Å². The number of aryl methyl sites for hydroxylation is 1. The highest BCUT2D eigenvalue weighted by molar-refractivity contribution is 5.77. The topological polar surface area (TPSA) is 56.1 Å². The van der Waals surface area contributed by atoms with Crippen LogP contribution in [0.1, 0.15) is 11.1 Å². The van der Waals surface area contributed by atoms with Gasteiger partial charge in [-0.15, -0.1) is 0 Å². The summed E-state index contributed by atoms with van der Waals surface area (Å²) in [4.78, 5) is 11.8. The molecule has 2 aromatic carbocycles. The molecular formula is C20H21N3O2. The van der Waals surface area contributed by atoms with E-state index in [-0.39, 0.29) is 12.5 Å². The number of nitrogens with one attached hydrogen (secondary N) is 1. The second-order valence-corrected chi connectivity index (χ2v) is 5.82. The normalized spacial score (nSPS) is 10.4. The lowest BCUT2D eigenvalue weighted by Gasteiger charge is -2.08. The summed E-state index contributed by atoms with van der Waals surface area (Å²) in [6.45, 7) is 2.62. The summed E-state index contributed by atoms with van der Waals surface area (Å²) >= 11 is 0. The van der Waals surface area contributed by atoms with Crippen molar-refractivity contribution in [2.75, 3.05) is 13.2 Å². The molecule has 3 rings (SSSR count). The van der Waals surface area contributed by atoms with Gasteiger partial charge in [0.25, 0.3) is 5.91 Å². The van der Waals surface area contributed by atoms with Crippen LogP contribution in [0.2, 0.25) is 0 Å². The van der Waals surface area contributed by atoms with Gasteiger partial charge in [0, 0.05) is 18.9 Å². The van der Waals surface area contributed by atoms with Gasteiger partial charge in [-0.05, 0) is 49.2 Å². The molecule has 25 heavy (non-hydrogen) atoms. The second kappa shape index (κ2) is 8.15. The monoisotopic (exact) mass is 335 g/mol. The molecule has 1 amide bonds. The van der Waals surface area contributed by atoms with Crippen molar-refractivity contribution in [2.24, 2.45) is 0 Å². The lowest BCUT2D eigenvalue weighted by molar-refractivity contribution is -0.123. The summed E-state index contributed by atoms with van der Waals surface area (Å²) < 4.78 is 7.27. The number of ether oxygens (including phenoxy) is 1. The molecule has 0 radical (unpaired) electrons. The molecule has 1 heterocycles. The number of hydrogen-bond donors (Lipinski definition) is 1. The maximum atomic E-state index is 11.8. The van der Waals surface area contributed by atoms with E-state index in [1.54, 1.807) is 6.20 Å². The minimum atomic E-state index is -0.117. The minimum Gasteiger partial charge on any atom is -0.484 e. The maximum Gasteiger partial charge on any atom is 0.257 e. The van der Waals surface area contributed by atoms with E-state index in [2.05, 4.69) is 10.4 Å². The van der Waals surface area contributed by atoms with Crippen LogP contribution in [0.15, 0.2) is 67.0 Å². The molecule has 0 atom stereocenters. The van der Waals surface area contributed by atoms with Crippen molar-refractivity contribution in [2.45, 2.75) is 13.3 Å². The van der Waals surface area contributed by atoms with E-state index in [0.717, 1.165) is 23.2 Å².